The molecule has 4 heteroatoms. The van der Waals surface area contributed by atoms with Crippen molar-refractivity contribution in [2.45, 2.75) is 18.9 Å². The van der Waals surface area contributed by atoms with Gasteiger partial charge in [-0.15, -0.1) is 0 Å². The molecule has 0 amide bonds. The zero-order valence-corrected chi connectivity index (χ0v) is 10.1. The number of hydrogen-bond acceptors (Lipinski definition) is 2. The molecule has 1 N–H and O–H groups in total. The van der Waals surface area contributed by atoms with Gasteiger partial charge in [-0.1, -0.05) is 17.7 Å². The van der Waals surface area contributed by atoms with Crippen LogP contribution in [0.1, 0.15) is 12.8 Å². The Bertz CT molecular complexity index is 350. The van der Waals surface area contributed by atoms with Crippen molar-refractivity contribution in [1.82, 2.24) is 4.90 Å². The fraction of sp³-hybridized carbons (Fsp3) is 0.500. The lowest BCUT2D eigenvalue weighted by molar-refractivity contribution is 0.260. The minimum absolute atomic E-state index is 0.277. The summed E-state index contributed by atoms with van der Waals surface area (Å²) in [7, 11) is 2.08. The maximum atomic E-state index is 13.5. The molecule has 0 aromatic heterocycles. The molecule has 0 aliphatic carbocycles. The average molecular weight is 243 g/mol. The summed E-state index contributed by atoms with van der Waals surface area (Å²) < 4.78 is 13.5. The van der Waals surface area contributed by atoms with Crippen LogP contribution in [0.25, 0.3) is 0 Å². The van der Waals surface area contributed by atoms with E-state index < -0.39 is 0 Å². The van der Waals surface area contributed by atoms with Crippen LogP contribution in [0.4, 0.5) is 10.1 Å². The van der Waals surface area contributed by atoms with Gasteiger partial charge in [0.25, 0.3) is 0 Å². The quantitative estimate of drug-likeness (QED) is 0.858. The Hall–Kier alpha value is -0.800. The molecule has 2 rings (SSSR count). The Morgan fingerprint density at radius 3 is 3.00 bits per heavy atom. The smallest absolute Gasteiger partial charge is 0.147 e. The molecule has 1 saturated heterocycles. The van der Waals surface area contributed by atoms with E-state index in [9.17, 15) is 4.39 Å². The molecule has 1 aromatic carbocycles. The van der Waals surface area contributed by atoms with Crippen molar-refractivity contribution < 1.29 is 4.39 Å². The van der Waals surface area contributed by atoms with Gasteiger partial charge in [-0.05, 0) is 38.6 Å². The van der Waals surface area contributed by atoms with E-state index in [1.807, 2.05) is 0 Å². The molecular formula is C12H16ClFN2. The molecular weight excluding hydrogens is 227 g/mol. The van der Waals surface area contributed by atoms with Gasteiger partial charge in [-0.3, -0.25) is 0 Å². The first-order chi connectivity index (χ1) is 7.66. The van der Waals surface area contributed by atoms with E-state index in [0.717, 1.165) is 25.9 Å². The third-order valence-corrected chi connectivity index (χ3v) is 3.25. The second-order valence-corrected chi connectivity index (χ2v) is 4.75. The molecule has 1 unspecified atom stereocenters. The monoisotopic (exact) mass is 242 g/mol. The number of halogens is 2. The number of likely N-dealkylation sites (tertiary alicyclic amines) is 1. The molecule has 0 spiro atoms. The third kappa shape index (κ3) is 2.66. The summed E-state index contributed by atoms with van der Waals surface area (Å²) in [4.78, 5) is 2.25. The minimum Gasteiger partial charge on any atom is -0.377 e. The first-order valence-electron chi connectivity index (χ1n) is 5.56. The number of para-hydroxylation sites is 1. The van der Waals surface area contributed by atoms with Gasteiger partial charge < -0.3 is 10.2 Å². The van der Waals surface area contributed by atoms with Crippen molar-refractivity contribution in [3.8, 4) is 0 Å². The van der Waals surface area contributed by atoms with Crippen LogP contribution in [0.2, 0.25) is 5.02 Å². The number of anilines is 1. The highest BCUT2D eigenvalue weighted by Gasteiger charge is 2.18. The Balaban J connectivity index is 2.08. The van der Waals surface area contributed by atoms with E-state index in [2.05, 4.69) is 17.3 Å². The fourth-order valence-corrected chi connectivity index (χ4v) is 2.34. The predicted octanol–water partition coefficient (Wildman–Crippen LogP) is 2.99. The summed E-state index contributed by atoms with van der Waals surface area (Å²) in [6.07, 6.45) is 2.20. The lowest BCUT2D eigenvalue weighted by Gasteiger charge is -2.31. The van der Waals surface area contributed by atoms with Crippen LogP contribution in [-0.2, 0) is 0 Å². The number of rotatable bonds is 2. The van der Waals surface area contributed by atoms with Crippen LogP contribution in [0, 0.1) is 5.82 Å². The standard InChI is InChI=1S/C12H16ClFN2/c1-16-7-3-4-9(8-16)15-12-10(13)5-2-6-11(12)14/h2,5-6,9,15H,3-4,7-8H2,1H3. The van der Waals surface area contributed by atoms with Gasteiger partial charge in [0.05, 0.1) is 10.7 Å². The summed E-state index contributed by atoms with van der Waals surface area (Å²) in [5, 5.41) is 3.65. The first kappa shape index (κ1) is 11.7. The van der Waals surface area contributed by atoms with E-state index in [1.54, 1.807) is 12.1 Å². The minimum atomic E-state index is -0.277. The molecule has 0 saturated carbocycles. The number of likely N-dealkylation sites (N-methyl/N-ethyl adjacent to an activating group) is 1. The van der Waals surface area contributed by atoms with Crippen LogP contribution < -0.4 is 5.32 Å². The van der Waals surface area contributed by atoms with Gasteiger partial charge in [-0.2, -0.15) is 0 Å². The van der Waals surface area contributed by atoms with E-state index >= 15 is 0 Å². The van der Waals surface area contributed by atoms with Crippen molar-refractivity contribution in [2.24, 2.45) is 0 Å². The molecule has 16 heavy (non-hydrogen) atoms. The van der Waals surface area contributed by atoms with Gasteiger partial charge in [0.2, 0.25) is 0 Å². The second kappa shape index (κ2) is 5.02. The van der Waals surface area contributed by atoms with Crippen LogP contribution in [0.15, 0.2) is 18.2 Å². The highest BCUT2D eigenvalue weighted by Crippen LogP contribution is 2.26. The zero-order valence-electron chi connectivity index (χ0n) is 9.34. The second-order valence-electron chi connectivity index (χ2n) is 4.34. The van der Waals surface area contributed by atoms with Crippen LogP contribution in [0.3, 0.4) is 0 Å². The molecule has 1 aliphatic heterocycles. The summed E-state index contributed by atoms with van der Waals surface area (Å²) in [6.45, 7) is 2.05. The molecule has 1 atom stereocenters. The van der Waals surface area contributed by atoms with E-state index in [0.29, 0.717) is 10.7 Å². The number of nitrogens with zero attached hydrogens (tertiary/aromatic N) is 1. The lowest BCUT2D eigenvalue weighted by Crippen LogP contribution is -2.39. The number of nitrogens with one attached hydrogen (secondary N) is 1. The summed E-state index contributed by atoms with van der Waals surface area (Å²) in [5.41, 5.74) is 0.435. The maximum absolute atomic E-state index is 13.5. The molecule has 2 nitrogen and oxygen atoms in total. The van der Waals surface area contributed by atoms with Gasteiger partial charge in [0.1, 0.15) is 5.82 Å². The van der Waals surface area contributed by atoms with E-state index in [1.165, 1.54) is 6.07 Å². The van der Waals surface area contributed by atoms with E-state index in [-0.39, 0.29) is 11.9 Å². The van der Waals surface area contributed by atoms with E-state index in [4.69, 9.17) is 11.6 Å². The van der Waals surface area contributed by atoms with Crippen LogP contribution in [0.5, 0.6) is 0 Å². The molecule has 1 fully saturated rings. The van der Waals surface area contributed by atoms with Crippen LogP contribution in [-0.4, -0.2) is 31.1 Å². The molecule has 1 aliphatic rings. The number of piperidine rings is 1. The molecule has 1 heterocycles. The van der Waals surface area contributed by atoms with Crippen molar-refractivity contribution >= 4 is 17.3 Å². The first-order valence-corrected chi connectivity index (χ1v) is 5.93. The summed E-state index contributed by atoms with van der Waals surface area (Å²) in [6, 6.07) is 5.05. The Kier molecular flexibility index (Phi) is 3.66. The van der Waals surface area contributed by atoms with Crippen molar-refractivity contribution in [1.29, 1.82) is 0 Å². The van der Waals surface area contributed by atoms with Gasteiger partial charge in [0, 0.05) is 12.6 Å². The fourth-order valence-electron chi connectivity index (χ4n) is 2.12. The van der Waals surface area contributed by atoms with Gasteiger partial charge in [0.15, 0.2) is 0 Å². The molecule has 1 aromatic rings. The number of benzene rings is 1. The Morgan fingerprint density at radius 1 is 1.50 bits per heavy atom. The normalized spacial score (nSPS) is 22.1. The summed E-state index contributed by atoms with van der Waals surface area (Å²) in [5.74, 6) is -0.277. The predicted molar refractivity (Wildman–Crippen MR) is 65.6 cm³/mol. The highest BCUT2D eigenvalue weighted by molar-refractivity contribution is 6.33. The maximum Gasteiger partial charge on any atom is 0.147 e. The zero-order chi connectivity index (χ0) is 11.5. The Labute approximate surface area is 100 Å². The third-order valence-electron chi connectivity index (χ3n) is 2.94. The molecule has 0 bridgehead atoms. The van der Waals surface area contributed by atoms with Gasteiger partial charge >= 0.3 is 0 Å². The highest BCUT2D eigenvalue weighted by atomic mass is 35.5. The number of hydrogen-bond donors (Lipinski definition) is 1. The van der Waals surface area contributed by atoms with Crippen molar-refractivity contribution in [3.63, 3.8) is 0 Å². The Morgan fingerprint density at radius 2 is 2.31 bits per heavy atom. The molecule has 0 radical (unpaired) electrons. The van der Waals surface area contributed by atoms with Crippen molar-refractivity contribution in [2.75, 3.05) is 25.5 Å². The summed E-state index contributed by atoms with van der Waals surface area (Å²) >= 11 is 5.97. The van der Waals surface area contributed by atoms with Crippen molar-refractivity contribution in [3.05, 3.63) is 29.0 Å². The lowest BCUT2D eigenvalue weighted by atomic mass is 10.1. The average Bonchev–Trinajstić information content (AvgIpc) is 2.24. The van der Waals surface area contributed by atoms with Crippen LogP contribution >= 0.6 is 11.6 Å². The SMILES string of the molecule is CN1CCCC(Nc2c(F)cccc2Cl)C1. The molecule has 88 valence electrons. The van der Waals surface area contributed by atoms with Gasteiger partial charge in [-0.25, -0.2) is 4.39 Å². The topological polar surface area (TPSA) is 15.3 Å². The largest absolute Gasteiger partial charge is 0.377 e.